The first-order valence-electron chi connectivity index (χ1n) is 10.5. The Hall–Kier alpha value is -3.23. The van der Waals surface area contributed by atoms with Gasteiger partial charge in [-0.05, 0) is 55.3 Å². The maximum Gasteiger partial charge on any atom is 0.301 e. The van der Waals surface area contributed by atoms with E-state index in [-0.39, 0.29) is 16.5 Å². The molecule has 3 aromatic rings. The van der Waals surface area contributed by atoms with E-state index in [1.54, 1.807) is 55.5 Å². The summed E-state index contributed by atoms with van der Waals surface area (Å²) in [6, 6.07) is 12.7. The number of aliphatic hydroxyl groups excluding tert-OH is 1. The lowest BCUT2D eigenvalue weighted by Crippen LogP contribution is -2.29. The molecule has 1 saturated heterocycles. The maximum atomic E-state index is 13.1. The average Bonchev–Trinajstić information content (AvgIpc) is 3.34. The summed E-state index contributed by atoms with van der Waals surface area (Å²) < 4.78 is 5.67. The quantitative estimate of drug-likeness (QED) is 0.212. The molecule has 1 aliphatic rings. The molecule has 0 saturated carbocycles. The normalized spacial score (nSPS) is 17.5. The number of ether oxygens (including phenoxy) is 1. The number of carbonyl (C=O) groups is 2. The van der Waals surface area contributed by atoms with Crippen molar-refractivity contribution in [2.45, 2.75) is 32.7 Å². The molecule has 0 bridgehead atoms. The van der Waals surface area contributed by atoms with Crippen LogP contribution in [0.25, 0.3) is 5.76 Å². The number of hydrogen-bond donors (Lipinski definition) is 1. The van der Waals surface area contributed by atoms with Gasteiger partial charge in [0.25, 0.3) is 5.78 Å². The smallest absolute Gasteiger partial charge is 0.301 e. The third-order valence-electron chi connectivity index (χ3n) is 5.22. The number of ketones is 1. The molecule has 2 heterocycles. The minimum absolute atomic E-state index is 0.0326. The summed E-state index contributed by atoms with van der Waals surface area (Å²) in [5, 5.41) is 20.6. The largest absolute Gasteiger partial charge is 0.507 e. The number of aryl methyl sites for hydroxylation is 1. The van der Waals surface area contributed by atoms with Gasteiger partial charge in [0.05, 0.1) is 18.2 Å². The van der Waals surface area contributed by atoms with E-state index in [9.17, 15) is 14.7 Å². The third kappa shape index (κ3) is 4.62. The molecule has 1 fully saturated rings. The predicted molar refractivity (Wildman–Crippen MR) is 128 cm³/mol. The molecule has 33 heavy (non-hydrogen) atoms. The lowest BCUT2D eigenvalue weighted by atomic mass is 9.95. The first-order valence-corrected chi connectivity index (χ1v) is 11.7. The van der Waals surface area contributed by atoms with Crippen molar-refractivity contribution in [3.05, 3.63) is 75.3 Å². The maximum absolute atomic E-state index is 13.1. The van der Waals surface area contributed by atoms with Gasteiger partial charge in [0.15, 0.2) is 0 Å². The first kappa shape index (κ1) is 22.9. The highest BCUT2D eigenvalue weighted by molar-refractivity contribution is 7.15. The molecular formula is C24H22ClN3O4S. The Morgan fingerprint density at radius 3 is 2.58 bits per heavy atom. The lowest BCUT2D eigenvalue weighted by Gasteiger charge is -2.22. The number of nitrogens with zero attached hydrogens (tertiary/aromatic N) is 3. The van der Waals surface area contributed by atoms with Crippen LogP contribution in [-0.2, 0) is 9.59 Å². The number of aliphatic hydroxyl groups is 1. The van der Waals surface area contributed by atoms with Crippen molar-refractivity contribution in [1.82, 2.24) is 10.2 Å². The topological polar surface area (TPSA) is 92.6 Å². The van der Waals surface area contributed by atoms with Gasteiger partial charge in [0, 0.05) is 10.6 Å². The summed E-state index contributed by atoms with van der Waals surface area (Å²) in [5.41, 5.74) is 0.946. The zero-order chi connectivity index (χ0) is 23.5. The number of carbonyl (C=O) groups excluding carboxylic acids is 2. The SMILES string of the molecule is CCCCOc1ccc(/C(O)=C2/C(=O)C(=O)N(c3nnc(C)s3)C2c2cccc(Cl)c2)cc1. The molecule has 170 valence electrons. The van der Waals surface area contributed by atoms with Crippen LogP contribution < -0.4 is 9.64 Å². The monoisotopic (exact) mass is 483 g/mol. The number of unbranched alkanes of at least 4 members (excludes halogenated alkanes) is 1. The molecule has 4 rings (SSSR count). The van der Waals surface area contributed by atoms with Crippen LogP contribution in [0.2, 0.25) is 5.02 Å². The summed E-state index contributed by atoms with van der Waals surface area (Å²) in [5.74, 6) is -1.19. The second-order valence-corrected chi connectivity index (χ2v) is 9.15. The molecule has 7 nitrogen and oxygen atoms in total. The average molecular weight is 484 g/mol. The van der Waals surface area contributed by atoms with E-state index in [0.29, 0.717) is 33.5 Å². The van der Waals surface area contributed by atoms with E-state index in [1.165, 1.54) is 16.2 Å². The Balaban J connectivity index is 1.79. The molecule has 1 atom stereocenters. The predicted octanol–water partition coefficient (Wildman–Crippen LogP) is 5.31. The number of benzene rings is 2. The zero-order valence-electron chi connectivity index (χ0n) is 18.1. The Labute approximate surface area is 200 Å². The van der Waals surface area contributed by atoms with Crippen LogP contribution in [-0.4, -0.2) is 33.6 Å². The number of Topliss-reactive ketones (excluding diaryl/α,β-unsaturated/α-hetero) is 1. The molecule has 1 aromatic heterocycles. The van der Waals surface area contributed by atoms with Crippen molar-refractivity contribution in [2.75, 3.05) is 11.5 Å². The molecule has 0 aliphatic carbocycles. The summed E-state index contributed by atoms with van der Waals surface area (Å²) in [6.45, 7) is 4.44. The van der Waals surface area contributed by atoms with E-state index < -0.39 is 17.7 Å². The van der Waals surface area contributed by atoms with Gasteiger partial charge in [-0.2, -0.15) is 0 Å². The van der Waals surface area contributed by atoms with Gasteiger partial charge in [-0.15, -0.1) is 10.2 Å². The van der Waals surface area contributed by atoms with Crippen LogP contribution in [0.15, 0.2) is 54.1 Å². The fourth-order valence-corrected chi connectivity index (χ4v) is 4.52. The minimum Gasteiger partial charge on any atom is -0.507 e. The van der Waals surface area contributed by atoms with E-state index in [0.717, 1.165) is 12.8 Å². The molecule has 1 aliphatic heterocycles. The second-order valence-electron chi connectivity index (χ2n) is 7.55. The van der Waals surface area contributed by atoms with Gasteiger partial charge in [-0.25, -0.2) is 0 Å². The van der Waals surface area contributed by atoms with Crippen LogP contribution >= 0.6 is 22.9 Å². The van der Waals surface area contributed by atoms with E-state index in [4.69, 9.17) is 16.3 Å². The molecule has 1 unspecified atom stereocenters. The van der Waals surface area contributed by atoms with Crippen molar-refractivity contribution in [3.8, 4) is 5.75 Å². The van der Waals surface area contributed by atoms with Crippen LogP contribution in [0.1, 0.15) is 41.9 Å². The summed E-state index contributed by atoms with van der Waals surface area (Å²) in [6.07, 6.45) is 1.96. The van der Waals surface area contributed by atoms with Gasteiger partial charge in [0.2, 0.25) is 5.13 Å². The third-order valence-corrected chi connectivity index (χ3v) is 6.30. The summed E-state index contributed by atoms with van der Waals surface area (Å²) >= 11 is 7.39. The van der Waals surface area contributed by atoms with Crippen LogP contribution in [0, 0.1) is 6.92 Å². The second kappa shape index (κ2) is 9.72. The highest BCUT2D eigenvalue weighted by atomic mass is 35.5. The Morgan fingerprint density at radius 1 is 1.18 bits per heavy atom. The van der Waals surface area contributed by atoms with Gasteiger partial charge in [-0.3, -0.25) is 14.5 Å². The molecule has 0 spiro atoms. The minimum atomic E-state index is -0.892. The Morgan fingerprint density at radius 2 is 1.94 bits per heavy atom. The summed E-state index contributed by atoms with van der Waals surface area (Å²) in [7, 11) is 0. The highest BCUT2D eigenvalue weighted by Crippen LogP contribution is 2.43. The number of anilines is 1. The number of halogens is 1. The number of amides is 1. The van der Waals surface area contributed by atoms with Gasteiger partial charge < -0.3 is 9.84 Å². The van der Waals surface area contributed by atoms with Gasteiger partial charge >= 0.3 is 5.91 Å². The van der Waals surface area contributed by atoms with Crippen molar-refractivity contribution in [2.24, 2.45) is 0 Å². The van der Waals surface area contributed by atoms with Crippen LogP contribution in [0.4, 0.5) is 5.13 Å². The highest BCUT2D eigenvalue weighted by Gasteiger charge is 2.48. The molecule has 0 radical (unpaired) electrons. The molecule has 1 amide bonds. The number of rotatable bonds is 7. The van der Waals surface area contributed by atoms with E-state index in [2.05, 4.69) is 17.1 Å². The van der Waals surface area contributed by atoms with E-state index in [1.807, 2.05) is 0 Å². The van der Waals surface area contributed by atoms with Crippen LogP contribution in [0.5, 0.6) is 5.75 Å². The Kier molecular flexibility index (Phi) is 6.76. The van der Waals surface area contributed by atoms with E-state index >= 15 is 0 Å². The molecule has 1 N–H and O–H groups in total. The van der Waals surface area contributed by atoms with Crippen molar-refractivity contribution >= 4 is 45.5 Å². The fraction of sp³-hybridized carbons (Fsp3) is 0.250. The number of aromatic nitrogens is 2. The molecular weight excluding hydrogens is 462 g/mol. The van der Waals surface area contributed by atoms with Crippen molar-refractivity contribution in [3.63, 3.8) is 0 Å². The Bertz CT molecular complexity index is 1220. The standard InChI is InChI=1S/C24H22ClN3O4S/c1-3-4-12-32-18-10-8-15(9-11-18)21(29)19-20(16-6-5-7-17(25)13-16)28(23(31)22(19)30)24-27-26-14(2)33-24/h5-11,13,20,29H,3-4,12H2,1-2H3/b21-19-. The van der Waals surface area contributed by atoms with Crippen molar-refractivity contribution < 1.29 is 19.4 Å². The van der Waals surface area contributed by atoms with Crippen LogP contribution in [0.3, 0.4) is 0 Å². The zero-order valence-corrected chi connectivity index (χ0v) is 19.7. The first-order chi connectivity index (χ1) is 15.9. The molecule has 9 heteroatoms. The fourth-order valence-electron chi connectivity index (χ4n) is 3.60. The lowest BCUT2D eigenvalue weighted by molar-refractivity contribution is -0.132. The molecule has 2 aromatic carbocycles. The van der Waals surface area contributed by atoms with Gasteiger partial charge in [-0.1, -0.05) is 48.4 Å². The van der Waals surface area contributed by atoms with Crippen molar-refractivity contribution in [1.29, 1.82) is 0 Å². The summed E-state index contributed by atoms with van der Waals surface area (Å²) in [4.78, 5) is 27.4. The number of hydrogen-bond acceptors (Lipinski definition) is 7. The van der Waals surface area contributed by atoms with Gasteiger partial charge in [0.1, 0.15) is 16.5 Å².